The Balaban J connectivity index is 2.02. The van der Waals surface area contributed by atoms with Crippen molar-refractivity contribution in [3.8, 4) is 5.75 Å². The van der Waals surface area contributed by atoms with Crippen LogP contribution in [0, 0.1) is 5.92 Å². The van der Waals surface area contributed by atoms with Gasteiger partial charge in [0.2, 0.25) is 0 Å². The van der Waals surface area contributed by atoms with Crippen LogP contribution < -0.4 is 5.32 Å². The molecule has 4 rings (SSSR count). The highest BCUT2D eigenvalue weighted by Gasteiger charge is 2.51. The van der Waals surface area contributed by atoms with Gasteiger partial charge in [-0.15, -0.1) is 0 Å². The van der Waals surface area contributed by atoms with Crippen LogP contribution >= 0.6 is 0 Å². The maximum Gasteiger partial charge on any atom is 0.115 e. The van der Waals surface area contributed by atoms with E-state index in [2.05, 4.69) is 5.32 Å². The van der Waals surface area contributed by atoms with Gasteiger partial charge >= 0.3 is 0 Å². The molecule has 0 radical (unpaired) electrons. The maximum atomic E-state index is 10.1. The summed E-state index contributed by atoms with van der Waals surface area (Å²) in [5, 5.41) is 13.7. The van der Waals surface area contributed by atoms with E-state index in [0.717, 1.165) is 36.9 Å². The highest BCUT2D eigenvalue weighted by Crippen LogP contribution is 2.54. The first-order valence-corrected chi connectivity index (χ1v) is 7.12. The van der Waals surface area contributed by atoms with E-state index in [9.17, 15) is 5.11 Å². The number of fused-ring (bicyclic) bond motifs is 1. The van der Waals surface area contributed by atoms with Crippen LogP contribution in [0.2, 0.25) is 0 Å². The van der Waals surface area contributed by atoms with Crippen LogP contribution in [0.5, 0.6) is 5.75 Å². The number of benzene rings is 1. The van der Waals surface area contributed by atoms with Crippen LogP contribution in [0.4, 0.5) is 0 Å². The Kier molecular flexibility index (Phi) is 1.70. The van der Waals surface area contributed by atoms with Gasteiger partial charge in [-0.2, -0.15) is 0 Å². The van der Waals surface area contributed by atoms with Crippen LogP contribution in [-0.4, -0.2) is 17.7 Å². The highest BCUT2D eigenvalue weighted by molar-refractivity contribution is 5.45. The summed E-state index contributed by atoms with van der Waals surface area (Å²) in [7, 11) is 0. The molecule has 0 aromatic heterocycles. The fourth-order valence-corrected chi connectivity index (χ4v) is 4.66. The molecular weight excluding hydrogens is 222 g/mol. The fourth-order valence-electron chi connectivity index (χ4n) is 4.66. The van der Waals surface area contributed by atoms with Gasteiger partial charge in [0.25, 0.3) is 0 Å². The number of hydrogen-bond acceptors (Lipinski definition) is 2. The second-order valence-corrected chi connectivity index (χ2v) is 6.10. The summed E-state index contributed by atoms with van der Waals surface area (Å²) >= 11 is 0. The zero-order valence-electron chi connectivity index (χ0n) is 13.6. The summed E-state index contributed by atoms with van der Waals surface area (Å²) in [5.41, 5.74) is 1.71. The Morgan fingerprint density at radius 3 is 3.22 bits per heavy atom. The van der Waals surface area contributed by atoms with Gasteiger partial charge in [0.15, 0.2) is 0 Å². The summed E-state index contributed by atoms with van der Waals surface area (Å²) in [6.07, 6.45) is 6.36. The summed E-state index contributed by atoms with van der Waals surface area (Å²) in [5.74, 6) is 0.224. The van der Waals surface area contributed by atoms with Gasteiger partial charge in [0.1, 0.15) is 5.75 Å². The van der Waals surface area contributed by atoms with E-state index in [1.807, 2.05) is 0 Å². The molecule has 1 saturated carbocycles. The molecule has 3 unspecified atom stereocenters. The van der Waals surface area contributed by atoms with Gasteiger partial charge in [-0.3, -0.25) is 0 Å². The molecule has 3 aliphatic rings. The van der Waals surface area contributed by atoms with Gasteiger partial charge in [0, 0.05) is 11.5 Å². The first-order chi connectivity index (χ1) is 10.1. The van der Waals surface area contributed by atoms with Gasteiger partial charge in [-0.25, -0.2) is 0 Å². The number of phenolic OH excluding ortho intramolecular Hbond substituents is 1. The normalized spacial score (nSPS) is 40.1. The van der Waals surface area contributed by atoms with E-state index in [1.165, 1.54) is 19.3 Å². The molecule has 1 aromatic carbocycles. The zero-order valence-corrected chi connectivity index (χ0v) is 10.6. The predicted molar refractivity (Wildman–Crippen MR) is 71.9 cm³/mol. The van der Waals surface area contributed by atoms with Crippen molar-refractivity contribution in [3.63, 3.8) is 0 Å². The molecular formula is C16H21NO. The molecule has 2 N–H and O–H groups in total. The molecule has 1 heterocycles. The van der Waals surface area contributed by atoms with E-state index in [0.29, 0.717) is 12.0 Å². The number of nitrogens with one attached hydrogen (secondary N) is 1. The number of phenols is 1. The zero-order chi connectivity index (χ0) is 14.8. The van der Waals surface area contributed by atoms with E-state index in [-0.39, 0.29) is 29.3 Å². The minimum absolute atomic E-state index is 0.0419. The smallest absolute Gasteiger partial charge is 0.115 e. The van der Waals surface area contributed by atoms with Crippen molar-refractivity contribution in [2.45, 2.75) is 50.0 Å². The molecule has 3 atom stereocenters. The fraction of sp³-hybridized carbons (Fsp3) is 0.625. The molecule has 2 bridgehead atoms. The third-order valence-corrected chi connectivity index (χ3v) is 5.36. The topological polar surface area (TPSA) is 32.3 Å². The van der Waals surface area contributed by atoms with Crippen LogP contribution in [0.1, 0.15) is 47.3 Å². The summed E-state index contributed by atoms with van der Waals surface area (Å²) < 4.78 is 24.5. The number of piperidine rings is 1. The minimum Gasteiger partial charge on any atom is -0.508 e. The van der Waals surface area contributed by atoms with E-state index in [4.69, 9.17) is 4.11 Å². The molecule has 1 aromatic rings. The second kappa shape index (κ2) is 3.74. The summed E-state index contributed by atoms with van der Waals surface area (Å²) in [6.45, 7) is 0.955. The van der Waals surface area contributed by atoms with Gasteiger partial charge in [-0.1, -0.05) is 18.9 Å². The lowest BCUT2D eigenvalue weighted by molar-refractivity contribution is 0.0795. The number of aromatic hydroxyl groups is 1. The highest BCUT2D eigenvalue weighted by atomic mass is 16.3. The van der Waals surface area contributed by atoms with Crippen molar-refractivity contribution < 1.29 is 9.22 Å². The van der Waals surface area contributed by atoms with Crippen LogP contribution in [0.15, 0.2) is 18.1 Å². The summed E-state index contributed by atoms with van der Waals surface area (Å²) in [4.78, 5) is 0. The van der Waals surface area contributed by atoms with E-state index < -0.39 is 0 Å². The lowest BCUT2D eigenvalue weighted by Gasteiger charge is -2.56. The molecule has 2 fully saturated rings. The minimum atomic E-state index is -0.297. The summed E-state index contributed by atoms with van der Waals surface area (Å²) in [6, 6.07) is 0.454. The standard InChI is InChI=1S/C16H21NO/c18-12-5-4-11-9-15-13-3-1-2-6-16(13,7-8-17-15)14(11)10-12/h4-5,10,13,15,17-18H,1-3,6-9H2/i4D,5D,10D. The molecule has 0 amide bonds. The van der Waals surface area contributed by atoms with E-state index in [1.54, 1.807) is 0 Å². The first-order valence-electron chi connectivity index (χ1n) is 8.62. The molecule has 1 aliphatic heterocycles. The molecule has 2 aliphatic carbocycles. The van der Waals surface area contributed by atoms with Gasteiger partial charge in [0.05, 0.1) is 4.11 Å². The lowest BCUT2D eigenvalue weighted by Crippen LogP contribution is -2.59. The van der Waals surface area contributed by atoms with Crippen molar-refractivity contribution >= 4 is 0 Å². The molecule has 0 spiro atoms. The Morgan fingerprint density at radius 2 is 2.28 bits per heavy atom. The van der Waals surface area contributed by atoms with Crippen molar-refractivity contribution in [2.75, 3.05) is 6.54 Å². The van der Waals surface area contributed by atoms with Gasteiger partial charge < -0.3 is 10.4 Å². The first kappa shape index (κ1) is 8.21. The Labute approximate surface area is 113 Å². The Bertz CT molecular complexity index is 614. The van der Waals surface area contributed by atoms with Crippen molar-refractivity contribution in [2.24, 2.45) is 5.92 Å². The molecule has 96 valence electrons. The second-order valence-electron chi connectivity index (χ2n) is 6.10. The SMILES string of the molecule is [2H]c1c([2H])c2c(c([2H])c1O)C13CCCCC1C(C2)NCC3. The predicted octanol–water partition coefficient (Wildman–Crippen LogP) is 2.74. The third-order valence-electron chi connectivity index (χ3n) is 5.36. The molecule has 18 heavy (non-hydrogen) atoms. The van der Waals surface area contributed by atoms with Crippen molar-refractivity contribution in [3.05, 3.63) is 29.3 Å². The molecule has 2 nitrogen and oxygen atoms in total. The largest absolute Gasteiger partial charge is 0.508 e. The van der Waals surface area contributed by atoms with Crippen molar-refractivity contribution in [1.82, 2.24) is 5.32 Å². The van der Waals surface area contributed by atoms with Crippen molar-refractivity contribution in [1.29, 1.82) is 0 Å². The quantitative estimate of drug-likeness (QED) is 0.738. The van der Waals surface area contributed by atoms with Crippen LogP contribution in [-0.2, 0) is 11.8 Å². The Hall–Kier alpha value is -1.02. The molecule has 1 saturated heterocycles. The number of hydrogen-bond donors (Lipinski definition) is 2. The van der Waals surface area contributed by atoms with Gasteiger partial charge in [-0.05, 0) is 61.4 Å². The average Bonchev–Trinajstić information content (AvgIpc) is 2.50. The maximum absolute atomic E-state index is 10.1. The van der Waals surface area contributed by atoms with Crippen LogP contribution in [0.25, 0.3) is 0 Å². The molecule has 2 heteroatoms. The third kappa shape index (κ3) is 1.33. The average molecular weight is 246 g/mol. The Morgan fingerprint density at radius 1 is 1.33 bits per heavy atom. The monoisotopic (exact) mass is 246 g/mol. The number of rotatable bonds is 0. The van der Waals surface area contributed by atoms with Crippen LogP contribution in [0.3, 0.4) is 0 Å². The van der Waals surface area contributed by atoms with E-state index >= 15 is 0 Å². The lowest BCUT2D eigenvalue weighted by atomic mass is 9.53.